The smallest absolute Gasteiger partial charge is 0.174 e. The van der Waals surface area contributed by atoms with Crippen LogP contribution in [0.1, 0.15) is 24.3 Å². The molecule has 0 saturated heterocycles. The van der Waals surface area contributed by atoms with Crippen molar-refractivity contribution in [1.29, 1.82) is 0 Å². The van der Waals surface area contributed by atoms with E-state index in [1.165, 1.54) is 0 Å². The van der Waals surface area contributed by atoms with Crippen molar-refractivity contribution < 1.29 is 13.9 Å². The fraction of sp³-hybridized carbons (Fsp3) is 0.444. The molecule has 132 valence electrons. The quantitative estimate of drug-likeness (QED) is 0.697. The third-order valence-corrected chi connectivity index (χ3v) is 4.32. The second-order valence-electron chi connectivity index (χ2n) is 5.67. The van der Waals surface area contributed by atoms with Gasteiger partial charge in [0.25, 0.3) is 0 Å². The van der Waals surface area contributed by atoms with E-state index in [2.05, 4.69) is 26.1 Å². The Hall–Kier alpha value is -1.50. The maximum Gasteiger partial charge on any atom is 0.174 e. The van der Waals surface area contributed by atoms with E-state index in [0.29, 0.717) is 6.61 Å². The number of likely N-dealkylation sites (N-methyl/N-ethyl adjacent to an activating group) is 1. The molecule has 2 rings (SSSR count). The minimum atomic E-state index is 0.188. The molecule has 1 aromatic carbocycles. The number of ether oxygens (including phenoxy) is 2. The fourth-order valence-electron chi connectivity index (χ4n) is 2.56. The molecule has 1 aromatic heterocycles. The highest BCUT2D eigenvalue weighted by molar-refractivity contribution is 9.10. The maximum atomic E-state index is 5.67. The van der Waals surface area contributed by atoms with Gasteiger partial charge in [0.05, 0.1) is 30.5 Å². The number of hydrogen-bond donors (Lipinski definition) is 1. The molecule has 0 saturated carbocycles. The summed E-state index contributed by atoms with van der Waals surface area (Å²) in [5, 5.41) is 3.49. The van der Waals surface area contributed by atoms with Crippen LogP contribution in [0.5, 0.6) is 11.5 Å². The van der Waals surface area contributed by atoms with E-state index in [1.54, 1.807) is 13.4 Å². The standard InChI is InChI=1S/C18H25BrN2O3/c1-5-23-17-10-13(9-14(19)18(17)22-4)11-20-12-15(21(2)3)16-7-6-8-24-16/h6-10,15,20H,5,11-12H2,1-4H3. The molecule has 2 aromatic rings. The monoisotopic (exact) mass is 396 g/mol. The molecule has 0 spiro atoms. The molecule has 0 aliphatic carbocycles. The highest BCUT2D eigenvalue weighted by Crippen LogP contribution is 2.36. The molecule has 0 aliphatic heterocycles. The first-order chi connectivity index (χ1) is 11.6. The molecule has 0 bridgehead atoms. The van der Waals surface area contributed by atoms with Crippen LogP contribution in [-0.4, -0.2) is 39.3 Å². The molecule has 0 fully saturated rings. The van der Waals surface area contributed by atoms with Gasteiger partial charge in [0.2, 0.25) is 0 Å². The summed E-state index contributed by atoms with van der Waals surface area (Å²) in [6, 6.07) is 8.17. The van der Waals surface area contributed by atoms with Gasteiger partial charge in [-0.05, 0) is 66.8 Å². The molecule has 24 heavy (non-hydrogen) atoms. The van der Waals surface area contributed by atoms with Crippen molar-refractivity contribution in [3.05, 3.63) is 46.3 Å². The van der Waals surface area contributed by atoms with Gasteiger partial charge in [0.1, 0.15) is 5.76 Å². The first-order valence-corrected chi connectivity index (χ1v) is 8.75. The zero-order valence-corrected chi connectivity index (χ0v) is 16.2. The second-order valence-corrected chi connectivity index (χ2v) is 6.52. The van der Waals surface area contributed by atoms with Gasteiger partial charge in [0, 0.05) is 13.1 Å². The lowest BCUT2D eigenvalue weighted by Crippen LogP contribution is -2.30. The van der Waals surface area contributed by atoms with Gasteiger partial charge in [-0.2, -0.15) is 0 Å². The SMILES string of the molecule is CCOc1cc(CNCC(c2ccco2)N(C)C)cc(Br)c1OC. The lowest BCUT2D eigenvalue weighted by atomic mass is 10.1. The molecular formula is C18H25BrN2O3. The van der Waals surface area contributed by atoms with E-state index >= 15 is 0 Å². The van der Waals surface area contributed by atoms with Crippen LogP contribution in [0, 0.1) is 0 Å². The Labute approximate surface area is 152 Å². The first kappa shape index (κ1) is 18.8. The molecule has 0 radical (unpaired) electrons. The van der Waals surface area contributed by atoms with Crippen LogP contribution in [0.3, 0.4) is 0 Å². The van der Waals surface area contributed by atoms with Gasteiger partial charge in [-0.15, -0.1) is 0 Å². The Kier molecular flexibility index (Phi) is 7.15. The molecule has 1 heterocycles. The van der Waals surface area contributed by atoms with Crippen LogP contribution in [0.2, 0.25) is 0 Å². The number of halogens is 1. The fourth-order valence-corrected chi connectivity index (χ4v) is 3.21. The predicted octanol–water partition coefficient (Wildman–Crippen LogP) is 3.84. The van der Waals surface area contributed by atoms with Gasteiger partial charge in [-0.25, -0.2) is 0 Å². The van der Waals surface area contributed by atoms with E-state index in [-0.39, 0.29) is 6.04 Å². The molecule has 6 heteroatoms. The summed E-state index contributed by atoms with van der Waals surface area (Å²) >= 11 is 3.55. The van der Waals surface area contributed by atoms with Gasteiger partial charge >= 0.3 is 0 Å². The molecular weight excluding hydrogens is 372 g/mol. The minimum absolute atomic E-state index is 0.188. The Balaban J connectivity index is 2.03. The Morgan fingerprint density at radius 1 is 1.33 bits per heavy atom. The third-order valence-electron chi connectivity index (χ3n) is 3.74. The van der Waals surface area contributed by atoms with Crippen LogP contribution in [0.4, 0.5) is 0 Å². The average molecular weight is 397 g/mol. The number of benzene rings is 1. The maximum absolute atomic E-state index is 5.67. The summed E-state index contributed by atoms with van der Waals surface area (Å²) < 4.78 is 17.5. The van der Waals surface area contributed by atoms with E-state index < -0.39 is 0 Å². The van der Waals surface area contributed by atoms with E-state index in [1.807, 2.05) is 45.3 Å². The molecule has 5 nitrogen and oxygen atoms in total. The first-order valence-electron chi connectivity index (χ1n) is 7.96. The van der Waals surface area contributed by atoms with E-state index in [4.69, 9.17) is 13.9 Å². The van der Waals surface area contributed by atoms with Gasteiger partial charge in [-0.1, -0.05) is 0 Å². The van der Waals surface area contributed by atoms with Gasteiger partial charge < -0.3 is 19.2 Å². The molecule has 0 amide bonds. The number of furan rings is 1. The third kappa shape index (κ3) is 4.75. The van der Waals surface area contributed by atoms with Gasteiger partial charge in [0.15, 0.2) is 11.5 Å². The van der Waals surface area contributed by atoms with Crippen LogP contribution in [-0.2, 0) is 6.54 Å². The Morgan fingerprint density at radius 2 is 2.12 bits per heavy atom. The highest BCUT2D eigenvalue weighted by atomic mass is 79.9. The van der Waals surface area contributed by atoms with Crippen LogP contribution in [0.15, 0.2) is 39.4 Å². The van der Waals surface area contributed by atoms with Crippen LogP contribution >= 0.6 is 15.9 Å². The zero-order chi connectivity index (χ0) is 17.5. The minimum Gasteiger partial charge on any atom is -0.492 e. The lowest BCUT2D eigenvalue weighted by Gasteiger charge is -2.23. The van der Waals surface area contributed by atoms with Crippen molar-refractivity contribution in [1.82, 2.24) is 10.2 Å². The molecule has 1 unspecified atom stereocenters. The number of methoxy groups -OCH3 is 1. The summed E-state index contributed by atoms with van der Waals surface area (Å²) in [4.78, 5) is 2.14. The summed E-state index contributed by atoms with van der Waals surface area (Å²) in [7, 11) is 5.74. The zero-order valence-electron chi connectivity index (χ0n) is 14.6. The summed E-state index contributed by atoms with van der Waals surface area (Å²) in [5.74, 6) is 2.43. The molecule has 1 atom stereocenters. The number of hydrogen-bond acceptors (Lipinski definition) is 5. The van der Waals surface area contributed by atoms with Crippen molar-refractivity contribution in [2.75, 3.05) is 34.4 Å². The number of nitrogens with zero attached hydrogens (tertiary/aromatic N) is 1. The number of nitrogens with one attached hydrogen (secondary N) is 1. The summed E-state index contributed by atoms with van der Waals surface area (Å²) in [5.41, 5.74) is 1.13. The van der Waals surface area contributed by atoms with Crippen molar-refractivity contribution in [3.8, 4) is 11.5 Å². The topological polar surface area (TPSA) is 46.9 Å². The largest absolute Gasteiger partial charge is 0.492 e. The van der Waals surface area contributed by atoms with Crippen LogP contribution in [0.25, 0.3) is 0 Å². The lowest BCUT2D eigenvalue weighted by molar-refractivity contribution is 0.250. The van der Waals surface area contributed by atoms with Crippen molar-refractivity contribution >= 4 is 15.9 Å². The Morgan fingerprint density at radius 3 is 2.71 bits per heavy atom. The van der Waals surface area contributed by atoms with E-state index in [9.17, 15) is 0 Å². The summed E-state index contributed by atoms with van der Waals surface area (Å²) in [6.45, 7) is 4.08. The molecule has 1 N–H and O–H groups in total. The second kappa shape index (κ2) is 9.11. The Bertz CT molecular complexity index is 629. The normalized spacial score (nSPS) is 12.4. The van der Waals surface area contributed by atoms with Crippen molar-refractivity contribution in [2.24, 2.45) is 0 Å². The van der Waals surface area contributed by atoms with E-state index in [0.717, 1.165) is 40.4 Å². The predicted molar refractivity (Wildman–Crippen MR) is 98.7 cm³/mol. The van der Waals surface area contributed by atoms with Crippen molar-refractivity contribution in [2.45, 2.75) is 19.5 Å². The average Bonchev–Trinajstić information content (AvgIpc) is 3.05. The highest BCUT2D eigenvalue weighted by Gasteiger charge is 2.17. The number of rotatable bonds is 9. The van der Waals surface area contributed by atoms with Crippen LogP contribution < -0.4 is 14.8 Å². The molecule has 0 aliphatic rings. The van der Waals surface area contributed by atoms with Crippen molar-refractivity contribution in [3.63, 3.8) is 0 Å². The van der Waals surface area contributed by atoms with Gasteiger partial charge in [-0.3, -0.25) is 4.90 Å². The summed E-state index contributed by atoms with van der Waals surface area (Å²) in [6.07, 6.45) is 1.71.